The largest absolute Gasteiger partial charge is 0.311 e. The molecule has 4 heteroatoms. The Balaban J connectivity index is 1.06. The Kier molecular flexibility index (Phi) is 6.84. The molecule has 4 nitrogen and oxygen atoms in total. The minimum atomic E-state index is 0.632. The molecule has 0 saturated carbocycles. The van der Waals surface area contributed by atoms with Crippen LogP contribution >= 0.6 is 0 Å². The quantitative estimate of drug-likeness (QED) is 0.166. The average molecular weight is 663 g/mol. The van der Waals surface area contributed by atoms with E-state index >= 15 is 0 Å². The molecular weight excluding hydrogens is 633 g/mol. The van der Waals surface area contributed by atoms with E-state index in [0.29, 0.717) is 5.56 Å². The fourth-order valence-electron chi connectivity index (χ4n) is 7.75. The lowest BCUT2D eigenvalue weighted by Gasteiger charge is -2.26. The van der Waals surface area contributed by atoms with Gasteiger partial charge in [0.1, 0.15) is 0 Å². The molecule has 52 heavy (non-hydrogen) atoms. The average Bonchev–Trinajstić information content (AvgIpc) is 3.56. The summed E-state index contributed by atoms with van der Waals surface area (Å²) >= 11 is 0. The van der Waals surface area contributed by atoms with Gasteiger partial charge in [-0.2, -0.15) is 5.26 Å². The van der Waals surface area contributed by atoms with Gasteiger partial charge in [-0.15, -0.1) is 0 Å². The van der Waals surface area contributed by atoms with Crippen LogP contribution in [-0.2, 0) is 0 Å². The fraction of sp³-hybridized carbons (Fsp3) is 0. The third-order valence-corrected chi connectivity index (χ3v) is 10.2. The number of benzene rings is 8. The molecule has 0 saturated heterocycles. The van der Waals surface area contributed by atoms with Gasteiger partial charge in [-0.25, -0.2) is 0 Å². The highest BCUT2D eigenvalue weighted by Crippen LogP contribution is 2.43. The summed E-state index contributed by atoms with van der Waals surface area (Å²) in [7, 11) is 0. The Morgan fingerprint density at radius 2 is 1.15 bits per heavy atom. The number of aromatic nitrogens is 2. The van der Waals surface area contributed by atoms with Crippen molar-refractivity contribution >= 4 is 60.5 Å². The molecule has 0 N–H and O–H groups in total. The highest BCUT2D eigenvalue weighted by molar-refractivity contribution is 6.26. The van der Waals surface area contributed by atoms with E-state index < -0.39 is 0 Å². The number of hydrogen-bond acceptors (Lipinski definition) is 3. The molecule has 8 aromatic carbocycles. The van der Waals surface area contributed by atoms with Crippen LogP contribution in [0.15, 0.2) is 182 Å². The van der Waals surface area contributed by atoms with Crippen LogP contribution in [0.5, 0.6) is 0 Å². The van der Waals surface area contributed by atoms with Crippen LogP contribution in [0.25, 0.3) is 71.4 Å². The summed E-state index contributed by atoms with van der Waals surface area (Å²) in [5.74, 6) is 0. The van der Waals surface area contributed by atoms with Gasteiger partial charge in [-0.1, -0.05) is 91.0 Å². The fourth-order valence-corrected chi connectivity index (χ4v) is 7.75. The summed E-state index contributed by atoms with van der Waals surface area (Å²) in [5.41, 5.74) is 12.8. The maximum Gasteiger partial charge on any atom is 0.0991 e. The van der Waals surface area contributed by atoms with Crippen LogP contribution in [-0.4, -0.2) is 9.55 Å². The van der Waals surface area contributed by atoms with Crippen molar-refractivity contribution in [2.75, 3.05) is 4.90 Å². The summed E-state index contributed by atoms with van der Waals surface area (Å²) < 4.78 is 2.38. The molecule has 10 aromatic rings. The van der Waals surface area contributed by atoms with E-state index in [-0.39, 0.29) is 0 Å². The van der Waals surface area contributed by atoms with Crippen molar-refractivity contribution in [3.05, 3.63) is 188 Å². The van der Waals surface area contributed by atoms with Gasteiger partial charge in [0.2, 0.25) is 0 Å². The van der Waals surface area contributed by atoms with E-state index in [1.807, 2.05) is 48.7 Å². The van der Waals surface area contributed by atoms with E-state index in [1.165, 1.54) is 38.1 Å². The summed E-state index contributed by atoms with van der Waals surface area (Å²) in [6.45, 7) is 0. The zero-order valence-corrected chi connectivity index (χ0v) is 28.1. The zero-order valence-electron chi connectivity index (χ0n) is 28.1. The van der Waals surface area contributed by atoms with Crippen LogP contribution < -0.4 is 4.90 Å². The predicted octanol–water partition coefficient (Wildman–Crippen LogP) is 12.6. The Morgan fingerprint density at radius 1 is 0.500 bits per heavy atom. The first-order valence-electron chi connectivity index (χ1n) is 17.4. The van der Waals surface area contributed by atoms with Crippen molar-refractivity contribution in [2.24, 2.45) is 0 Å². The Labute approximate surface area is 301 Å². The molecule has 2 heterocycles. The van der Waals surface area contributed by atoms with Gasteiger partial charge in [0.25, 0.3) is 0 Å². The number of pyridine rings is 1. The van der Waals surface area contributed by atoms with Gasteiger partial charge < -0.3 is 9.47 Å². The molecule has 0 unspecified atom stereocenters. The number of fused-ring (bicyclic) bond motifs is 1. The third kappa shape index (κ3) is 4.80. The Bertz CT molecular complexity index is 2940. The highest BCUT2D eigenvalue weighted by Gasteiger charge is 2.19. The molecule has 242 valence electrons. The SMILES string of the molecule is N#Cc1ccc(N(c2ccc(-c3cnc4ccccc4c3)cc2)c2ccc(-c3ccc4c5c3ccc3cccc(c35)n4-c3ccccc3)cc2)cc1. The van der Waals surface area contributed by atoms with Gasteiger partial charge in [-0.05, 0) is 112 Å². The molecule has 0 aliphatic heterocycles. The summed E-state index contributed by atoms with van der Waals surface area (Å²) in [6, 6.07) is 64.1. The van der Waals surface area contributed by atoms with Crippen LogP contribution in [0.4, 0.5) is 17.1 Å². The molecular formula is C48H30N4. The molecule has 0 bridgehead atoms. The second-order valence-corrected chi connectivity index (χ2v) is 13.2. The number of rotatable bonds is 6. The van der Waals surface area contributed by atoms with Crippen molar-refractivity contribution in [2.45, 2.75) is 0 Å². The van der Waals surface area contributed by atoms with E-state index in [1.54, 1.807) is 0 Å². The topological polar surface area (TPSA) is 44.9 Å². The van der Waals surface area contributed by atoms with E-state index in [4.69, 9.17) is 0 Å². The number of para-hydroxylation sites is 2. The van der Waals surface area contributed by atoms with Crippen molar-refractivity contribution < 1.29 is 0 Å². The summed E-state index contributed by atoms with van der Waals surface area (Å²) in [6.07, 6.45) is 1.94. The standard InChI is InChI=1S/C48H30N4/c49-30-32-13-20-39(21-14-32)51(40-22-15-33(16-23-40)37-29-36-7-4-5-11-44(36)50-31-37)41-24-17-34(18-25-41)42-27-28-46-48-43(42)26-19-35-8-6-12-45(47(35)48)52(46)38-9-2-1-3-10-38/h1-29,31H. The van der Waals surface area contributed by atoms with E-state index in [0.717, 1.165) is 50.3 Å². The maximum absolute atomic E-state index is 9.50. The van der Waals surface area contributed by atoms with E-state index in [9.17, 15) is 5.26 Å². The third-order valence-electron chi connectivity index (χ3n) is 10.2. The molecule has 2 aromatic heterocycles. The summed E-state index contributed by atoms with van der Waals surface area (Å²) in [5, 5.41) is 15.7. The second kappa shape index (κ2) is 12.0. The second-order valence-electron chi connectivity index (χ2n) is 13.2. The number of nitriles is 1. The molecule has 0 aliphatic rings. The smallest absolute Gasteiger partial charge is 0.0991 e. The number of anilines is 3. The normalized spacial score (nSPS) is 11.4. The molecule has 0 atom stereocenters. The van der Waals surface area contributed by atoms with Gasteiger partial charge in [-0.3, -0.25) is 4.98 Å². The van der Waals surface area contributed by atoms with Gasteiger partial charge in [0, 0.05) is 50.7 Å². The molecule has 0 amide bonds. The van der Waals surface area contributed by atoms with Crippen LogP contribution in [0.3, 0.4) is 0 Å². The maximum atomic E-state index is 9.50. The lowest BCUT2D eigenvalue weighted by molar-refractivity contribution is 1.18. The van der Waals surface area contributed by atoms with E-state index in [2.05, 4.69) is 154 Å². The molecule has 0 radical (unpaired) electrons. The van der Waals surface area contributed by atoms with Crippen LogP contribution in [0, 0.1) is 11.3 Å². The monoisotopic (exact) mass is 662 g/mol. The first kappa shape index (κ1) is 29.7. The van der Waals surface area contributed by atoms with Crippen LogP contribution in [0.2, 0.25) is 0 Å². The Hall–Kier alpha value is -7.22. The minimum Gasteiger partial charge on any atom is -0.311 e. The number of hydrogen-bond donors (Lipinski definition) is 0. The van der Waals surface area contributed by atoms with Crippen molar-refractivity contribution in [1.82, 2.24) is 9.55 Å². The highest BCUT2D eigenvalue weighted by atomic mass is 15.1. The van der Waals surface area contributed by atoms with Crippen LogP contribution in [0.1, 0.15) is 5.56 Å². The predicted molar refractivity (Wildman–Crippen MR) is 215 cm³/mol. The number of nitrogens with zero attached hydrogens (tertiary/aromatic N) is 4. The van der Waals surface area contributed by atoms with Gasteiger partial charge in [0.15, 0.2) is 0 Å². The zero-order chi connectivity index (χ0) is 34.6. The minimum absolute atomic E-state index is 0.632. The first-order chi connectivity index (χ1) is 25.7. The lowest BCUT2D eigenvalue weighted by atomic mass is 9.94. The van der Waals surface area contributed by atoms with Crippen molar-refractivity contribution in [3.8, 4) is 34.0 Å². The molecule has 0 aliphatic carbocycles. The Morgan fingerprint density at radius 3 is 1.90 bits per heavy atom. The molecule has 10 rings (SSSR count). The van der Waals surface area contributed by atoms with Crippen molar-refractivity contribution in [3.63, 3.8) is 0 Å². The molecule has 0 spiro atoms. The molecule has 0 fully saturated rings. The van der Waals surface area contributed by atoms with Crippen molar-refractivity contribution in [1.29, 1.82) is 5.26 Å². The van der Waals surface area contributed by atoms with Gasteiger partial charge >= 0.3 is 0 Å². The first-order valence-corrected chi connectivity index (χ1v) is 17.4. The summed E-state index contributed by atoms with van der Waals surface area (Å²) in [4.78, 5) is 6.92. The van der Waals surface area contributed by atoms with Gasteiger partial charge in [0.05, 0.1) is 28.2 Å². The lowest BCUT2D eigenvalue weighted by Crippen LogP contribution is -2.09.